The zero-order chi connectivity index (χ0) is 35.2. The van der Waals surface area contributed by atoms with Crippen LogP contribution in [0, 0.1) is 16.2 Å². The van der Waals surface area contributed by atoms with Crippen LogP contribution < -0.4 is 0 Å². The zero-order valence-electron chi connectivity index (χ0n) is 27.4. The lowest BCUT2D eigenvalue weighted by atomic mass is 9.63. The van der Waals surface area contributed by atoms with Gasteiger partial charge in [-0.2, -0.15) is 0 Å². The summed E-state index contributed by atoms with van der Waals surface area (Å²) in [7, 11) is 0. The lowest BCUT2D eigenvalue weighted by molar-refractivity contribution is -0.142. The Morgan fingerprint density at radius 2 is 1.60 bits per heavy atom. The first-order chi connectivity index (χ1) is 21.3. The molecule has 45 heavy (non-hydrogen) atoms. The maximum atomic E-state index is 10.5. The van der Waals surface area contributed by atoms with Crippen molar-refractivity contribution in [3.8, 4) is 0 Å². The van der Waals surface area contributed by atoms with Gasteiger partial charge in [0.15, 0.2) is 0 Å². The Morgan fingerprint density at radius 3 is 2.02 bits per heavy atom. The molecule has 0 aromatic rings. The second kappa shape index (κ2) is 28.7. The van der Waals surface area contributed by atoms with Gasteiger partial charge in [-0.05, 0) is 55.8 Å². The van der Waals surface area contributed by atoms with Crippen LogP contribution in [0.25, 0.3) is 0 Å². The second-order valence-electron chi connectivity index (χ2n) is 11.7. The summed E-state index contributed by atoms with van der Waals surface area (Å²) in [6.45, 7) is 11.7. The first-order valence-electron chi connectivity index (χ1n) is 15.0. The number of aliphatic imine (C=N–C) groups is 2. The van der Waals surface area contributed by atoms with Gasteiger partial charge < -0.3 is 40.1 Å². The minimum absolute atomic E-state index is 0.00750. The van der Waals surface area contributed by atoms with Crippen LogP contribution in [-0.2, 0) is 28.7 Å². The Morgan fingerprint density at radius 1 is 1.00 bits per heavy atom. The van der Waals surface area contributed by atoms with Gasteiger partial charge in [-0.25, -0.2) is 24.4 Å². The molecular formula is C31H56N2O12. The Kier molecular flexibility index (Phi) is 29.7. The van der Waals surface area contributed by atoms with E-state index in [1.807, 2.05) is 6.92 Å². The molecule has 2 aliphatic rings. The molecule has 0 bridgehead atoms. The van der Waals surface area contributed by atoms with E-state index in [1.54, 1.807) is 12.2 Å². The fourth-order valence-electron chi connectivity index (χ4n) is 4.58. The van der Waals surface area contributed by atoms with E-state index in [0.717, 1.165) is 44.6 Å². The summed E-state index contributed by atoms with van der Waals surface area (Å²) in [4.78, 5) is 48.6. The molecule has 0 spiro atoms. The van der Waals surface area contributed by atoms with Crippen molar-refractivity contribution >= 4 is 24.1 Å². The van der Waals surface area contributed by atoms with Crippen LogP contribution >= 0.6 is 0 Å². The fourth-order valence-corrected chi connectivity index (χ4v) is 4.58. The molecule has 1 aliphatic carbocycles. The predicted octanol–water partition coefficient (Wildman–Crippen LogP) is 1.39. The van der Waals surface area contributed by atoms with E-state index in [0.29, 0.717) is 26.0 Å². The van der Waals surface area contributed by atoms with Crippen molar-refractivity contribution in [2.45, 2.75) is 85.1 Å². The number of ether oxygens (including phenoxy) is 2. The number of hydrogen-bond donors (Lipinski definition) is 6. The summed E-state index contributed by atoms with van der Waals surface area (Å²) >= 11 is 0. The number of hydrogen-bond acceptors (Lipinski definition) is 14. The lowest BCUT2D eigenvalue weighted by Crippen LogP contribution is -2.39. The summed E-state index contributed by atoms with van der Waals surface area (Å²) in [6.07, 6.45) is 11.4. The Hall–Kier alpha value is -2.80. The molecule has 14 nitrogen and oxygen atoms in total. The van der Waals surface area contributed by atoms with Crippen LogP contribution in [0.2, 0.25) is 0 Å². The van der Waals surface area contributed by atoms with E-state index >= 15 is 0 Å². The zero-order valence-corrected chi connectivity index (χ0v) is 27.4. The molecule has 2 fully saturated rings. The number of aliphatic hydroxyl groups is 6. The summed E-state index contributed by atoms with van der Waals surface area (Å²) in [5.74, 6) is -0.526. The number of nitrogens with zero attached hydrogens (tertiary/aromatic N) is 2. The number of cyclic esters (lactones) is 1. The van der Waals surface area contributed by atoms with E-state index < -0.39 is 11.4 Å². The monoisotopic (exact) mass is 648 g/mol. The fraction of sp³-hybridized carbons (Fsp3) is 0.806. The first-order valence-corrected chi connectivity index (χ1v) is 15.0. The van der Waals surface area contributed by atoms with Crippen LogP contribution in [0.4, 0.5) is 0 Å². The molecule has 262 valence electrons. The molecule has 1 saturated heterocycles. The highest BCUT2D eigenvalue weighted by Crippen LogP contribution is 2.47. The molecule has 0 aromatic heterocycles. The van der Waals surface area contributed by atoms with Gasteiger partial charge in [0.2, 0.25) is 12.2 Å². The maximum absolute atomic E-state index is 10.5. The lowest BCUT2D eigenvalue weighted by Gasteiger charge is -2.44. The summed E-state index contributed by atoms with van der Waals surface area (Å²) < 4.78 is 9.10. The van der Waals surface area contributed by atoms with E-state index in [-0.39, 0.29) is 69.1 Å². The van der Waals surface area contributed by atoms with Crippen molar-refractivity contribution < 1.29 is 59.3 Å². The van der Waals surface area contributed by atoms with Gasteiger partial charge in [-0.3, -0.25) is 4.79 Å². The van der Waals surface area contributed by atoms with Crippen molar-refractivity contribution in [1.29, 1.82) is 0 Å². The molecule has 1 saturated carbocycles. The van der Waals surface area contributed by atoms with Crippen molar-refractivity contribution in [3.63, 3.8) is 0 Å². The van der Waals surface area contributed by atoms with E-state index in [1.165, 1.54) is 0 Å². The quantitative estimate of drug-likeness (QED) is 0.0807. The molecule has 1 aliphatic heterocycles. The van der Waals surface area contributed by atoms with Crippen LogP contribution in [-0.4, -0.2) is 120 Å². The number of carbonyl (C=O) groups is 2. The van der Waals surface area contributed by atoms with Gasteiger partial charge in [-0.15, -0.1) is 0 Å². The van der Waals surface area contributed by atoms with Crippen LogP contribution in [0.1, 0.15) is 79.1 Å². The molecule has 0 radical (unpaired) electrons. The SMILES string of the molecule is C=CC(=O)OCCO.CC1(C)CC(N=C=O)CC(C)(CN=C=O)C1.CCC(CO)(CO)CO.O=C1CCCCCO1.OCCO. The Bertz CT molecular complexity index is 852. The average Bonchev–Trinajstić information content (AvgIpc) is 3.28. The minimum Gasteiger partial charge on any atom is -0.466 e. The molecular weight excluding hydrogens is 592 g/mol. The van der Waals surface area contributed by atoms with Gasteiger partial charge in [0, 0.05) is 17.9 Å². The molecule has 2 rings (SSSR count). The Labute approximate surface area is 266 Å². The molecule has 2 unspecified atom stereocenters. The third kappa shape index (κ3) is 26.2. The minimum atomic E-state index is -0.667. The van der Waals surface area contributed by atoms with Gasteiger partial charge in [0.1, 0.15) is 6.61 Å². The van der Waals surface area contributed by atoms with Gasteiger partial charge >= 0.3 is 11.9 Å². The molecule has 2 atom stereocenters. The molecule has 0 aromatic carbocycles. The van der Waals surface area contributed by atoms with Gasteiger partial charge in [-0.1, -0.05) is 34.3 Å². The summed E-state index contributed by atoms with van der Waals surface area (Å²) in [5.41, 5.74) is -0.611. The average molecular weight is 649 g/mol. The van der Waals surface area contributed by atoms with E-state index in [9.17, 15) is 19.2 Å². The summed E-state index contributed by atoms with van der Waals surface area (Å²) in [5, 5.41) is 49.3. The topological polar surface area (TPSA) is 233 Å². The molecule has 1 heterocycles. The van der Waals surface area contributed by atoms with Gasteiger partial charge in [0.05, 0.1) is 58.8 Å². The first kappa shape index (κ1) is 46.6. The number of esters is 2. The second-order valence-corrected chi connectivity index (χ2v) is 11.7. The number of rotatable bonds is 11. The Balaban J connectivity index is -0.000000526. The highest BCUT2D eigenvalue weighted by atomic mass is 16.5. The normalized spacial score (nSPS) is 19.9. The van der Waals surface area contributed by atoms with Gasteiger partial charge in [0.25, 0.3) is 0 Å². The van der Waals surface area contributed by atoms with Crippen molar-refractivity contribution in [2.75, 3.05) is 59.4 Å². The van der Waals surface area contributed by atoms with Crippen molar-refractivity contribution in [3.05, 3.63) is 12.7 Å². The summed E-state index contributed by atoms with van der Waals surface area (Å²) in [6, 6.07) is 0.00750. The van der Waals surface area contributed by atoms with Crippen LogP contribution in [0.5, 0.6) is 0 Å². The number of aliphatic hydroxyl groups excluding tert-OH is 6. The molecule has 0 amide bonds. The smallest absolute Gasteiger partial charge is 0.330 e. The third-order valence-electron chi connectivity index (χ3n) is 6.83. The predicted molar refractivity (Wildman–Crippen MR) is 166 cm³/mol. The van der Waals surface area contributed by atoms with Crippen molar-refractivity contribution in [1.82, 2.24) is 0 Å². The largest absolute Gasteiger partial charge is 0.466 e. The highest BCUT2D eigenvalue weighted by Gasteiger charge is 2.41. The number of isocyanates is 2. The van der Waals surface area contributed by atoms with Crippen LogP contribution in [0.3, 0.4) is 0 Å². The molecule has 6 N–H and O–H groups in total. The third-order valence-corrected chi connectivity index (χ3v) is 6.83. The van der Waals surface area contributed by atoms with Crippen molar-refractivity contribution in [2.24, 2.45) is 26.2 Å². The molecule has 14 heteroatoms. The van der Waals surface area contributed by atoms with E-state index in [2.05, 4.69) is 42.1 Å². The standard InChI is InChI=1S/C12H18N2O2.C6H14O3.C6H10O2.C5H8O3.C2H6O2/c1-11(2)4-10(14-9-16)5-12(3,6-11)7-13-8-15;1-2-6(3-7,4-8)5-9;7-6-4-2-1-3-5-8-6;1-2-5(7)8-4-3-6;3-1-2-4/h10H,4-7H2,1-3H3;7-9H,2-5H2,1H3;1-5H2;2,6H,1,3-4H2;3-4H,1-2H2. The highest BCUT2D eigenvalue weighted by molar-refractivity contribution is 5.81. The number of carbonyl (C=O) groups excluding carboxylic acids is 4. The maximum Gasteiger partial charge on any atom is 0.330 e. The van der Waals surface area contributed by atoms with E-state index in [4.69, 9.17) is 35.4 Å². The van der Waals surface area contributed by atoms with Crippen LogP contribution in [0.15, 0.2) is 22.6 Å².